The van der Waals surface area contributed by atoms with Crippen molar-refractivity contribution in [1.82, 2.24) is 10.6 Å². The van der Waals surface area contributed by atoms with Crippen LogP contribution in [-0.2, 0) is 6.54 Å². The Morgan fingerprint density at radius 1 is 1.10 bits per heavy atom. The van der Waals surface area contributed by atoms with Crippen molar-refractivity contribution in [2.75, 3.05) is 6.79 Å². The first-order chi connectivity index (χ1) is 10.3. The van der Waals surface area contributed by atoms with Gasteiger partial charge >= 0.3 is 0 Å². The molecule has 114 valence electrons. The Hall–Kier alpha value is -1.49. The van der Waals surface area contributed by atoms with Gasteiger partial charge in [-0.05, 0) is 42.8 Å². The smallest absolute Gasteiger partial charge is 0.231 e. The van der Waals surface area contributed by atoms with Crippen LogP contribution in [0.4, 0.5) is 0 Å². The van der Waals surface area contributed by atoms with E-state index >= 15 is 0 Å². The lowest BCUT2D eigenvalue weighted by Gasteiger charge is -2.19. The van der Waals surface area contributed by atoms with E-state index in [9.17, 15) is 0 Å². The lowest BCUT2D eigenvalue weighted by atomic mass is 10.1. The Morgan fingerprint density at radius 3 is 2.67 bits per heavy atom. The van der Waals surface area contributed by atoms with Gasteiger partial charge in [-0.2, -0.15) is 0 Å². The number of thiocarbonyl (C=S) groups is 1. The first kappa shape index (κ1) is 14.4. The van der Waals surface area contributed by atoms with E-state index in [2.05, 4.69) is 10.6 Å². The molecule has 1 aromatic rings. The first-order valence-electron chi connectivity index (χ1n) is 7.74. The summed E-state index contributed by atoms with van der Waals surface area (Å²) in [4.78, 5) is 0. The van der Waals surface area contributed by atoms with Crippen molar-refractivity contribution in [2.45, 2.75) is 51.1 Å². The number of hydrogen-bond acceptors (Lipinski definition) is 3. The van der Waals surface area contributed by atoms with Crippen molar-refractivity contribution in [2.24, 2.45) is 0 Å². The fourth-order valence-corrected chi connectivity index (χ4v) is 3.13. The summed E-state index contributed by atoms with van der Waals surface area (Å²) >= 11 is 5.40. The highest BCUT2D eigenvalue weighted by Gasteiger charge is 2.14. The molecule has 0 atom stereocenters. The standard InChI is InChI=1S/C16H22N2O2S/c21-16(18-13-5-3-1-2-4-6-13)17-10-12-7-8-14-15(9-12)20-11-19-14/h7-9,13H,1-6,10-11H2,(H2,17,18,21). The van der Waals surface area contributed by atoms with Crippen LogP contribution in [0.3, 0.4) is 0 Å². The fraction of sp³-hybridized carbons (Fsp3) is 0.562. The van der Waals surface area contributed by atoms with Crippen LogP contribution >= 0.6 is 12.2 Å². The van der Waals surface area contributed by atoms with Crippen molar-refractivity contribution in [3.63, 3.8) is 0 Å². The minimum atomic E-state index is 0.313. The summed E-state index contributed by atoms with van der Waals surface area (Å²) in [6.07, 6.45) is 7.79. The number of benzene rings is 1. The Balaban J connectivity index is 1.47. The second-order valence-electron chi connectivity index (χ2n) is 5.70. The van der Waals surface area contributed by atoms with Gasteiger partial charge < -0.3 is 20.1 Å². The van der Waals surface area contributed by atoms with Gasteiger partial charge in [0.15, 0.2) is 16.6 Å². The van der Waals surface area contributed by atoms with Gasteiger partial charge in [0, 0.05) is 12.6 Å². The van der Waals surface area contributed by atoms with E-state index in [-0.39, 0.29) is 0 Å². The average Bonchev–Trinajstić information content (AvgIpc) is 2.81. The normalized spacial score (nSPS) is 18.1. The van der Waals surface area contributed by atoms with Gasteiger partial charge in [-0.3, -0.25) is 0 Å². The molecule has 21 heavy (non-hydrogen) atoms. The predicted octanol–water partition coefficient (Wildman–Crippen LogP) is 3.10. The van der Waals surface area contributed by atoms with E-state index in [1.54, 1.807) is 0 Å². The molecule has 0 aromatic heterocycles. The minimum absolute atomic E-state index is 0.313. The van der Waals surface area contributed by atoms with Crippen molar-refractivity contribution in [1.29, 1.82) is 0 Å². The van der Waals surface area contributed by atoms with E-state index in [4.69, 9.17) is 21.7 Å². The summed E-state index contributed by atoms with van der Waals surface area (Å²) in [7, 11) is 0. The van der Waals surface area contributed by atoms with E-state index < -0.39 is 0 Å². The Bertz CT molecular complexity index is 499. The third kappa shape index (κ3) is 4.00. The van der Waals surface area contributed by atoms with Gasteiger partial charge in [0.2, 0.25) is 6.79 Å². The lowest BCUT2D eigenvalue weighted by Crippen LogP contribution is -2.41. The largest absolute Gasteiger partial charge is 0.454 e. The van der Waals surface area contributed by atoms with Crippen molar-refractivity contribution < 1.29 is 9.47 Å². The molecule has 0 bridgehead atoms. The molecule has 0 radical (unpaired) electrons. The maximum Gasteiger partial charge on any atom is 0.231 e. The second kappa shape index (κ2) is 6.98. The quantitative estimate of drug-likeness (QED) is 0.663. The number of ether oxygens (including phenoxy) is 2. The molecule has 1 fully saturated rings. The highest BCUT2D eigenvalue weighted by molar-refractivity contribution is 7.80. The van der Waals surface area contributed by atoms with Crippen LogP contribution in [0.1, 0.15) is 44.1 Å². The summed E-state index contributed by atoms with van der Waals surface area (Å²) in [6, 6.07) is 6.52. The number of hydrogen-bond donors (Lipinski definition) is 2. The summed E-state index contributed by atoms with van der Waals surface area (Å²) in [5, 5.41) is 7.48. The van der Waals surface area contributed by atoms with Crippen LogP contribution in [0.15, 0.2) is 18.2 Å². The SMILES string of the molecule is S=C(NCc1ccc2c(c1)OCO2)NC1CCCCCC1. The third-order valence-corrected chi connectivity index (χ3v) is 4.34. The van der Waals surface area contributed by atoms with Gasteiger partial charge in [-0.15, -0.1) is 0 Å². The summed E-state index contributed by atoms with van der Waals surface area (Å²) in [5.74, 6) is 1.63. The number of nitrogens with one attached hydrogen (secondary N) is 2. The van der Waals surface area contributed by atoms with Gasteiger partial charge in [0.1, 0.15) is 0 Å². The maximum atomic E-state index is 5.40. The summed E-state index contributed by atoms with van der Waals surface area (Å²) in [6.45, 7) is 1.02. The van der Waals surface area contributed by atoms with Crippen LogP contribution in [0.2, 0.25) is 0 Å². The highest BCUT2D eigenvalue weighted by Crippen LogP contribution is 2.32. The maximum absolute atomic E-state index is 5.40. The van der Waals surface area contributed by atoms with Crippen LogP contribution in [0.5, 0.6) is 11.5 Å². The molecule has 1 saturated carbocycles. The molecule has 2 aliphatic rings. The molecule has 4 nitrogen and oxygen atoms in total. The van der Waals surface area contributed by atoms with Crippen molar-refractivity contribution in [3.8, 4) is 11.5 Å². The Labute approximate surface area is 131 Å². The zero-order chi connectivity index (χ0) is 14.5. The van der Waals surface area contributed by atoms with Gasteiger partial charge in [0.05, 0.1) is 0 Å². The topological polar surface area (TPSA) is 42.5 Å². The molecule has 1 aliphatic carbocycles. The van der Waals surface area contributed by atoms with Gasteiger partial charge in [-0.1, -0.05) is 31.7 Å². The predicted molar refractivity (Wildman–Crippen MR) is 86.6 cm³/mol. The van der Waals surface area contributed by atoms with Crippen LogP contribution < -0.4 is 20.1 Å². The monoisotopic (exact) mass is 306 g/mol. The molecule has 0 amide bonds. The zero-order valence-electron chi connectivity index (χ0n) is 12.2. The van der Waals surface area contributed by atoms with Gasteiger partial charge in [0.25, 0.3) is 0 Å². The molecule has 0 spiro atoms. The minimum Gasteiger partial charge on any atom is -0.454 e. The molecule has 0 unspecified atom stereocenters. The van der Waals surface area contributed by atoms with Crippen LogP contribution in [-0.4, -0.2) is 17.9 Å². The zero-order valence-corrected chi connectivity index (χ0v) is 13.0. The third-order valence-electron chi connectivity index (χ3n) is 4.08. The second-order valence-corrected chi connectivity index (χ2v) is 6.11. The van der Waals surface area contributed by atoms with Crippen LogP contribution in [0, 0.1) is 0 Å². The number of rotatable bonds is 3. The lowest BCUT2D eigenvalue weighted by molar-refractivity contribution is 0.174. The molecule has 0 saturated heterocycles. The molecule has 2 N–H and O–H groups in total. The molecule has 5 heteroatoms. The van der Waals surface area contributed by atoms with E-state index in [0.717, 1.165) is 22.2 Å². The molecular weight excluding hydrogens is 284 g/mol. The highest BCUT2D eigenvalue weighted by atomic mass is 32.1. The van der Waals surface area contributed by atoms with Crippen molar-refractivity contribution in [3.05, 3.63) is 23.8 Å². The van der Waals surface area contributed by atoms with Gasteiger partial charge in [-0.25, -0.2) is 0 Å². The number of fused-ring (bicyclic) bond motifs is 1. The summed E-state index contributed by atoms with van der Waals surface area (Å²) in [5.41, 5.74) is 1.14. The molecule has 1 heterocycles. The molecule has 1 aliphatic heterocycles. The van der Waals surface area contributed by atoms with E-state index in [1.165, 1.54) is 38.5 Å². The molecular formula is C16H22N2O2S. The Morgan fingerprint density at radius 2 is 1.86 bits per heavy atom. The summed E-state index contributed by atoms with van der Waals surface area (Å²) < 4.78 is 10.7. The first-order valence-corrected chi connectivity index (χ1v) is 8.15. The Kier molecular flexibility index (Phi) is 4.80. The van der Waals surface area contributed by atoms with E-state index in [0.29, 0.717) is 19.4 Å². The van der Waals surface area contributed by atoms with E-state index in [1.807, 2.05) is 18.2 Å². The molecule has 1 aromatic carbocycles. The molecule has 3 rings (SSSR count). The van der Waals surface area contributed by atoms with Crippen molar-refractivity contribution >= 4 is 17.3 Å². The van der Waals surface area contributed by atoms with Crippen LogP contribution in [0.25, 0.3) is 0 Å². The fourth-order valence-electron chi connectivity index (χ4n) is 2.89. The average molecular weight is 306 g/mol.